The molecule has 0 spiro atoms. The Morgan fingerprint density at radius 2 is 1.25 bits per heavy atom. The number of ether oxygens (including phenoxy) is 5. The van der Waals surface area contributed by atoms with E-state index in [1.165, 1.54) is 28.4 Å². The first kappa shape index (κ1) is 26.0. The van der Waals surface area contributed by atoms with Gasteiger partial charge in [0.25, 0.3) is 0 Å². The molecule has 0 aliphatic rings. The van der Waals surface area contributed by atoms with Gasteiger partial charge in [-0.2, -0.15) is 0 Å². The van der Waals surface area contributed by atoms with E-state index in [0.717, 1.165) is 0 Å². The second-order valence-corrected chi connectivity index (χ2v) is 7.22. The first-order valence-corrected chi connectivity index (χ1v) is 9.54. The van der Waals surface area contributed by atoms with Crippen LogP contribution >= 0.6 is 58.0 Å². The molecule has 4 atom stereocenters. The summed E-state index contributed by atoms with van der Waals surface area (Å²) in [4.78, 5) is 12.8. The van der Waals surface area contributed by atoms with Crippen molar-refractivity contribution in [2.24, 2.45) is 0 Å². The number of halogens is 5. The molecule has 0 heterocycles. The number of carbonyl (C=O) groups is 1. The Labute approximate surface area is 187 Å². The fourth-order valence-corrected chi connectivity index (χ4v) is 3.64. The smallest absolute Gasteiger partial charge is 0.343 e. The van der Waals surface area contributed by atoms with Gasteiger partial charge in [-0.15, -0.1) is 0 Å². The topological polar surface area (TPSA) is 83.5 Å². The quantitative estimate of drug-likeness (QED) is 0.226. The zero-order valence-electron chi connectivity index (χ0n) is 15.3. The van der Waals surface area contributed by atoms with Gasteiger partial charge in [-0.3, -0.25) is 0 Å². The molecule has 1 aromatic carbocycles. The minimum Gasteiger partial charge on any atom is -0.421 e. The summed E-state index contributed by atoms with van der Waals surface area (Å²) in [6.07, 6.45) is -4.00. The molecule has 0 radical (unpaired) electrons. The summed E-state index contributed by atoms with van der Waals surface area (Å²) in [6, 6.07) is 0. The molecule has 160 valence electrons. The highest BCUT2D eigenvalue weighted by Gasteiger charge is 2.41. The number of aliphatic hydroxyl groups excluding tert-OH is 1. The molecule has 0 aromatic heterocycles. The highest BCUT2D eigenvalue weighted by atomic mass is 35.5. The number of hydrogen-bond acceptors (Lipinski definition) is 7. The van der Waals surface area contributed by atoms with Gasteiger partial charge in [0.2, 0.25) is 0 Å². The van der Waals surface area contributed by atoms with Gasteiger partial charge >= 0.3 is 5.97 Å². The molecule has 0 fully saturated rings. The first-order valence-electron chi connectivity index (χ1n) is 7.65. The van der Waals surface area contributed by atoms with Crippen LogP contribution in [-0.2, 0) is 23.7 Å². The Hall–Kier alpha value is -0.0600. The van der Waals surface area contributed by atoms with E-state index in [9.17, 15) is 9.90 Å². The number of methoxy groups -OCH3 is 4. The molecule has 0 aliphatic heterocycles. The minimum atomic E-state index is -1.31. The first-order chi connectivity index (χ1) is 13.2. The maximum absolute atomic E-state index is 12.8. The van der Waals surface area contributed by atoms with Gasteiger partial charge in [0.05, 0.1) is 21.7 Å². The number of carbonyl (C=O) groups excluding carboxylic acids is 1. The van der Waals surface area contributed by atoms with E-state index in [1.807, 2.05) is 0 Å². The molecule has 28 heavy (non-hydrogen) atoms. The lowest BCUT2D eigenvalue weighted by Crippen LogP contribution is -2.52. The third-order valence-corrected chi connectivity index (χ3v) is 6.12. The van der Waals surface area contributed by atoms with Crippen LogP contribution in [0, 0.1) is 0 Å². The van der Waals surface area contributed by atoms with Crippen LogP contribution in [-0.4, -0.2) is 70.5 Å². The second kappa shape index (κ2) is 12.0. The van der Waals surface area contributed by atoms with Crippen molar-refractivity contribution >= 4 is 64.0 Å². The fourth-order valence-electron chi connectivity index (χ4n) is 2.44. The SMILES string of the molecule is CO[C@H]([C@H](OC)[C@@H](OC)C(=O)Oc1c(Cl)c(Cl)c(Cl)c(Cl)c1Cl)[C@@H](CO)OC. The Kier molecular flexibility index (Phi) is 11.1. The molecule has 0 saturated heterocycles. The van der Waals surface area contributed by atoms with E-state index >= 15 is 0 Å². The van der Waals surface area contributed by atoms with E-state index in [-0.39, 0.29) is 37.5 Å². The van der Waals surface area contributed by atoms with Crippen LogP contribution in [0.5, 0.6) is 5.75 Å². The van der Waals surface area contributed by atoms with Crippen LogP contribution in [0.3, 0.4) is 0 Å². The monoisotopic (exact) mass is 498 g/mol. The van der Waals surface area contributed by atoms with Gasteiger partial charge in [-0.05, 0) is 0 Å². The van der Waals surface area contributed by atoms with Crippen LogP contribution in [0.4, 0.5) is 0 Å². The number of rotatable bonds is 10. The zero-order chi connectivity index (χ0) is 21.6. The second-order valence-electron chi connectivity index (χ2n) is 5.33. The summed E-state index contributed by atoms with van der Waals surface area (Å²) in [5.41, 5.74) is 0. The molecule has 1 N–H and O–H groups in total. The van der Waals surface area contributed by atoms with Crippen molar-refractivity contribution in [3.63, 3.8) is 0 Å². The van der Waals surface area contributed by atoms with Gasteiger partial charge < -0.3 is 28.8 Å². The summed E-state index contributed by atoms with van der Waals surface area (Å²) in [7, 11) is 5.33. The Bertz CT molecular complexity index is 655. The molecule has 0 bridgehead atoms. The van der Waals surface area contributed by atoms with E-state index in [1.54, 1.807) is 0 Å². The molecule has 7 nitrogen and oxygen atoms in total. The van der Waals surface area contributed by atoms with Crippen molar-refractivity contribution < 1.29 is 33.6 Å². The van der Waals surface area contributed by atoms with Gasteiger partial charge in [-0.25, -0.2) is 4.79 Å². The zero-order valence-corrected chi connectivity index (χ0v) is 19.1. The summed E-state index contributed by atoms with van der Waals surface area (Å²) in [6.45, 7) is -0.388. The molecular weight excluding hydrogens is 481 g/mol. The van der Waals surface area contributed by atoms with E-state index in [2.05, 4.69) is 0 Å². The standard InChI is InChI=1S/C16H19Cl5O7/c1-24-6(5-22)12(25-2)14(26-3)15(27-4)16(23)28-13-10(20)8(18)7(17)9(19)11(13)21/h6,12,14-15,22H,5H2,1-4H3/t6-,12+,14+,15-/m1/s1. The summed E-state index contributed by atoms with van der Waals surface area (Å²) in [5.74, 6) is -1.22. The van der Waals surface area contributed by atoms with Crippen molar-refractivity contribution in [1.82, 2.24) is 0 Å². The number of aliphatic hydroxyl groups is 1. The molecule has 12 heteroatoms. The van der Waals surface area contributed by atoms with Crippen LogP contribution in [0.15, 0.2) is 0 Å². The van der Waals surface area contributed by atoms with Crippen molar-refractivity contribution in [1.29, 1.82) is 0 Å². The maximum atomic E-state index is 12.8. The summed E-state index contributed by atoms with van der Waals surface area (Å²) in [5, 5.41) is 8.72. The van der Waals surface area contributed by atoms with E-state index in [0.29, 0.717) is 0 Å². The molecular formula is C16H19Cl5O7. The van der Waals surface area contributed by atoms with Crippen LogP contribution < -0.4 is 4.74 Å². The average molecular weight is 501 g/mol. The summed E-state index contributed by atoms with van der Waals surface area (Å²) < 4.78 is 26.3. The third kappa shape index (κ3) is 5.55. The number of benzene rings is 1. The van der Waals surface area contributed by atoms with Crippen molar-refractivity contribution in [2.45, 2.75) is 24.4 Å². The lowest BCUT2D eigenvalue weighted by atomic mass is 10.0. The van der Waals surface area contributed by atoms with Crippen LogP contribution in [0.2, 0.25) is 25.1 Å². The molecule has 1 aromatic rings. The lowest BCUT2D eigenvalue weighted by molar-refractivity contribution is -0.177. The lowest BCUT2D eigenvalue weighted by Gasteiger charge is -2.33. The molecule has 1 rings (SSSR count). The predicted octanol–water partition coefficient (Wildman–Crippen LogP) is 3.91. The van der Waals surface area contributed by atoms with Crippen LogP contribution in [0.25, 0.3) is 0 Å². The number of esters is 1. The third-order valence-electron chi connectivity index (χ3n) is 3.87. The van der Waals surface area contributed by atoms with Gasteiger partial charge in [0.15, 0.2) is 11.9 Å². The molecule has 0 amide bonds. The summed E-state index contributed by atoms with van der Waals surface area (Å²) >= 11 is 30.0. The fraction of sp³-hybridized carbons (Fsp3) is 0.562. The molecule has 0 saturated carbocycles. The minimum absolute atomic E-state index is 0.0819. The van der Waals surface area contributed by atoms with Crippen molar-refractivity contribution in [3.8, 4) is 5.75 Å². The van der Waals surface area contributed by atoms with Crippen LogP contribution in [0.1, 0.15) is 0 Å². The highest BCUT2D eigenvalue weighted by molar-refractivity contribution is 6.55. The largest absolute Gasteiger partial charge is 0.421 e. The normalized spacial score (nSPS) is 15.8. The average Bonchev–Trinajstić information content (AvgIpc) is 2.70. The Balaban J connectivity index is 3.24. The Morgan fingerprint density at radius 1 is 0.786 bits per heavy atom. The Morgan fingerprint density at radius 3 is 1.61 bits per heavy atom. The van der Waals surface area contributed by atoms with Gasteiger partial charge in [-0.1, -0.05) is 58.0 Å². The maximum Gasteiger partial charge on any atom is 0.343 e. The predicted molar refractivity (Wildman–Crippen MR) is 107 cm³/mol. The van der Waals surface area contributed by atoms with Gasteiger partial charge in [0, 0.05) is 28.4 Å². The van der Waals surface area contributed by atoms with E-state index < -0.39 is 30.4 Å². The number of hydrogen-bond donors (Lipinski definition) is 1. The van der Waals surface area contributed by atoms with E-state index in [4.69, 9.17) is 81.7 Å². The molecule has 0 unspecified atom stereocenters. The van der Waals surface area contributed by atoms with Crippen molar-refractivity contribution in [2.75, 3.05) is 35.0 Å². The van der Waals surface area contributed by atoms with Gasteiger partial charge in [0.1, 0.15) is 28.4 Å². The van der Waals surface area contributed by atoms with Crippen molar-refractivity contribution in [3.05, 3.63) is 25.1 Å². The highest BCUT2D eigenvalue weighted by Crippen LogP contribution is 2.48. The molecule has 0 aliphatic carbocycles.